The summed E-state index contributed by atoms with van der Waals surface area (Å²) < 4.78 is 0. The van der Waals surface area contributed by atoms with Crippen LogP contribution in [-0.4, -0.2) is 170 Å². The van der Waals surface area contributed by atoms with Gasteiger partial charge in [0.2, 0.25) is 41.2 Å². The van der Waals surface area contributed by atoms with Gasteiger partial charge in [-0.2, -0.15) is 0 Å². The molecule has 13 atom stereocenters. The molecule has 3 unspecified atom stereocenters. The van der Waals surface area contributed by atoms with Gasteiger partial charge < -0.3 is 57.4 Å². The molecule has 98 heavy (non-hydrogen) atoms. The number of carbonyl (C=O) groups is 11. The number of piperidine rings is 2. The third-order valence-corrected chi connectivity index (χ3v) is 21.3. The lowest BCUT2D eigenvalue weighted by molar-refractivity contribution is -0.147. The second-order valence-electron chi connectivity index (χ2n) is 31.1. The van der Waals surface area contributed by atoms with Crippen molar-refractivity contribution < 1.29 is 57.8 Å². The zero-order chi connectivity index (χ0) is 72.2. The Morgan fingerprint density at radius 1 is 0.561 bits per heavy atom. The van der Waals surface area contributed by atoms with E-state index in [1.807, 2.05) is 55.4 Å². The van der Waals surface area contributed by atoms with Gasteiger partial charge in [-0.3, -0.25) is 62.7 Å². The number of nitrogens with zero attached hydrogens (tertiary/aromatic N) is 4. The van der Waals surface area contributed by atoms with E-state index in [4.69, 9.17) is 0 Å². The number of hydrogen-bond acceptors (Lipinski definition) is 14. The number of Topliss-reactive ketones (excluding diaryl/α,β-unsaturated/α-hetero) is 1. The molecular formula is C74H110N12O12. The molecule has 8 rings (SSSR count). The fourth-order valence-corrected chi connectivity index (χ4v) is 15.4. The molecule has 4 saturated carbocycles. The summed E-state index contributed by atoms with van der Waals surface area (Å²) >= 11 is 0. The highest BCUT2D eigenvalue weighted by atomic mass is 16.3. The molecule has 6 fully saturated rings. The van der Waals surface area contributed by atoms with E-state index in [1.54, 1.807) is 46.2 Å². The van der Waals surface area contributed by atoms with Crippen molar-refractivity contribution >= 4 is 64.9 Å². The molecule has 2 aromatic heterocycles. The molecule has 24 nitrogen and oxygen atoms in total. The molecule has 4 aliphatic carbocycles. The van der Waals surface area contributed by atoms with Gasteiger partial charge in [0, 0.05) is 38.6 Å². The second kappa shape index (κ2) is 33.3. The van der Waals surface area contributed by atoms with Gasteiger partial charge in [-0.05, 0) is 120 Å². The monoisotopic (exact) mass is 1360 g/mol. The normalized spacial score (nSPS) is 23.6. The van der Waals surface area contributed by atoms with E-state index >= 15 is 0 Å². The number of amides is 10. The predicted molar refractivity (Wildman–Crippen MR) is 371 cm³/mol. The zero-order valence-corrected chi connectivity index (χ0v) is 59.8. The van der Waals surface area contributed by atoms with Crippen LogP contribution >= 0.6 is 0 Å². The number of rotatable bonds is 28. The average molecular weight is 1360 g/mol. The predicted octanol–water partition coefficient (Wildman–Crippen LogP) is 5.65. The van der Waals surface area contributed by atoms with E-state index in [2.05, 4.69) is 93.4 Å². The molecule has 2 saturated heterocycles. The SMILES string of the molecule is C=CCNC(=O)C(=O)C(CCC)NC(=O)[C@@H]1[C@@H]2[C@H](CN1C(=O)[C@@H](NC(=O)[C@@H](NC(=O)c1ccccn1)C1CCCCC1)C(C)(C)C)C2(C)C.C=CCNC(=O)C(O)C(CCC)NC(=O)[C@@H]1[C@@H]2[C@H](CN1C(=O)[C@@H](NC(=O)[C@@H](NC(=O)c1ccccn1)C1CCCCC1)C(C)(C)C)C2(C)C. The molecule has 0 radical (unpaired) electrons. The van der Waals surface area contributed by atoms with Gasteiger partial charge >= 0.3 is 0 Å². The molecule has 4 heterocycles. The Bertz CT molecular complexity index is 3210. The summed E-state index contributed by atoms with van der Waals surface area (Å²) in [5.41, 5.74) is -1.46. The summed E-state index contributed by atoms with van der Waals surface area (Å²) in [4.78, 5) is 161. The molecular weight excluding hydrogens is 1250 g/mol. The minimum atomic E-state index is -1.47. The van der Waals surface area contributed by atoms with Crippen LogP contribution in [0.3, 0.4) is 0 Å². The quantitative estimate of drug-likeness (QED) is 0.0367. The number of fused-ring (bicyclic) bond motifs is 2. The highest BCUT2D eigenvalue weighted by Crippen LogP contribution is 2.66. The lowest BCUT2D eigenvalue weighted by Gasteiger charge is -2.39. The first-order valence-electron chi connectivity index (χ1n) is 35.5. The molecule has 2 aliphatic heterocycles. The first-order chi connectivity index (χ1) is 46.3. The molecule has 0 spiro atoms. The Balaban J connectivity index is 0.000000276. The number of likely N-dealkylation sites (tertiary alicyclic amines) is 2. The highest BCUT2D eigenvalue weighted by molar-refractivity contribution is 6.38. The van der Waals surface area contributed by atoms with Crippen molar-refractivity contribution in [3.63, 3.8) is 0 Å². The number of aromatic nitrogens is 2. The van der Waals surface area contributed by atoms with Crippen LogP contribution in [0.1, 0.15) is 194 Å². The van der Waals surface area contributed by atoms with Crippen LogP contribution < -0.4 is 42.5 Å². The van der Waals surface area contributed by atoms with Crippen molar-refractivity contribution in [3.05, 3.63) is 85.5 Å². The first-order valence-corrected chi connectivity index (χ1v) is 35.5. The summed E-state index contributed by atoms with van der Waals surface area (Å²) in [6, 6.07) is 2.68. The molecule has 0 aromatic carbocycles. The number of carbonyl (C=O) groups excluding carboxylic acids is 11. The van der Waals surface area contributed by atoms with Crippen LogP contribution in [0.25, 0.3) is 0 Å². The Hall–Kier alpha value is -7.89. The first kappa shape index (κ1) is 77.5. The maximum Gasteiger partial charge on any atom is 0.289 e. The van der Waals surface area contributed by atoms with Gasteiger partial charge in [0.05, 0.1) is 12.1 Å². The Kier molecular flexibility index (Phi) is 26.3. The van der Waals surface area contributed by atoms with E-state index in [0.717, 1.165) is 64.2 Å². The average Bonchev–Trinajstić information content (AvgIpc) is 1.53. The smallest absolute Gasteiger partial charge is 0.289 e. The van der Waals surface area contributed by atoms with Crippen molar-refractivity contribution in [1.29, 1.82) is 0 Å². The lowest BCUT2D eigenvalue weighted by atomic mass is 9.82. The summed E-state index contributed by atoms with van der Waals surface area (Å²) in [5.74, 6) is -5.97. The van der Waals surface area contributed by atoms with Crippen LogP contribution in [0.4, 0.5) is 0 Å². The topological polar surface area (TPSA) is 336 Å². The number of aliphatic hydroxyl groups is 1. The number of pyridine rings is 2. The van der Waals surface area contributed by atoms with Crippen LogP contribution in [-0.2, 0) is 43.2 Å². The van der Waals surface area contributed by atoms with Crippen LogP contribution in [0.5, 0.6) is 0 Å². The molecule has 24 heteroatoms. The van der Waals surface area contributed by atoms with Crippen molar-refractivity contribution in [1.82, 2.24) is 62.3 Å². The minimum absolute atomic E-state index is 0.0624. The maximum atomic E-state index is 14.5. The van der Waals surface area contributed by atoms with E-state index in [-0.39, 0.29) is 83.1 Å². The van der Waals surface area contributed by atoms with Crippen molar-refractivity contribution in [3.8, 4) is 0 Å². The van der Waals surface area contributed by atoms with Crippen LogP contribution in [0.2, 0.25) is 0 Å². The molecule has 10 amide bonds. The van der Waals surface area contributed by atoms with Crippen LogP contribution in [0, 0.1) is 57.2 Å². The van der Waals surface area contributed by atoms with E-state index in [9.17, 15) is 57.8 Å². The van der Waals surface area contributed by atoms with E-state index < -0.39 is 124 Å². The highest BCUT2D eigenvalue weighted by Gasteiger charge is 2.71. The van der Waals surface area contributed by atoms with E-state index in [1.165, 1.54) is 24.5 Å². The number of ketones is 1. The fourth-order valence-electron chi connectivity index (χ4n) is 15.4. The second-order valence-corrected chi connectivity index (χ2v) is 31.1. The maximum absolute atomic E-state index is 14.5. The third kappa shape index (κ3) is 18.5. The van der Waals surface area contributed by atoms with Gasteiger partial charge in [0.25, 0.3) is 23.6 Å². The van der Waals surface area contributed by atoms with Gasteiger partial charge in [0.15, 0.2) is 6.10 Å². The van der Waals surface area contributed by atoms with Gasteiger partial charge in [-0.1, -0.05) is 159 Å². The largest absolute Gasteiger partial charge is 0.381 e. The lowest BCUT2D eigenvalue weighted by Crippen LogP contribution is -2.63. The molecule has 9 N–H and O–H groups in total. The molecule has 2 aromatic rings. The number of hydrogen-bond donors (Lipinski definition) is 9. The van der Waals surface area contributed by atoms with E-state index in [0.29, 0.717) is 32.4 Å². The Morgan fingerprint density at radius 3 is 1.35 bits per heavy atom. The minimum Gasteiger partial charge on any atom is -0.381 e. The standard InChI is InChI=1S/C37H56N6O6.C37H54N6O6/c2*1-8-15-24(29(44)34(48)39-19-9-2)40-33(47)28-26-23(37(26,6)7)21-43(28)35(49)30(36(3,4)5)42-32(46)27(22-16-11-10-12-17-22)41-31(45)25-18-13-14-20-38-25/h9,13-14,18,20,22-24,26-30,44H,2,8,10-12,15-17,19,21H2,1,3-7H3,(H,39,48)(H,40,47)(H,41,45)(H,42,46);9,13-14,18,20,22-24,26-28,30H,2,8,10-12,15-17,19,21H2,1,3-7H3,(H,39,48)(H,40,47)(H,41,45)(H,42,46)/t23-,24?,26-,27-,28-,29?,30+;23-,24?,26-,27-,28-,30+/m00/s1. The number of nitrogens with one attached hydrogen (secondary N) is 8. The molecule has 6 aliphatic rings. The van der Waals surface area contributed by atoms with Gasteiger partial charge in [0.1, 0.15) is 47.6 Å². The Labute approximate surface area is 578 Å². The Morgan fingerprint density at radius 2 is 0.969 bits per heavy atom. The zero-order valence-electron chi connectivity index (χ0n) is 59.8. The van der Waals surface area contributed by atoms with Crippen molar-refractivity contribution in [2.75, 3.05) is 26.2 Å². The summed E-state index contributed by atoms with van der Waals surface area (Å²) in [6.45, 7) is 31.3. The van der Waals surface area contributed by atoms with Gasteiger partial charge in [-0.25, -0.2) is 0 Å². The van der Waals surface area contributed by atoms with Gasteiger partial charge in [-0.15, -0.1) is 13.2 Å². The summed E-state index contributed by atoms with van der Waals surface area (Å²) in [6.07, 6.45) is 15.3. The fraction of sp³-hybridized carbons (Fsp3) is 0.662. The number of aliphatic hydroxyl groups excluding tert-OH is 1. The van der Waals surface area contributed by atoms with Crippen molar-refractivity contribution in [2.45, 2.75) is 227 Å². The van der Waals surface area contributed by atoms with Crippen LogP contribution in [0.15, 0.2) is 74.1 Å². The van der Waals surface area contributed by atoms with Crippen molar-refractivity contribution in [2.24, 2.45) is 57.2 Å². The molecule has 538 valence electrons. The summed E-state index contributed by atoms with van der Waals surface area (Å²) in [7, 11) is 0. The summed E-state index contributed by atoms with van der Waals surface area (Å²) in [5, 5.41) is 33.5. The third-order valence-electron chi connectivity index (χ3n) is 21.3. The molecule has 0 bridgehead atoms.